The maximum absolute atomic E-state index is 12.6. The summed E-state index contributed by atoms with van der Waals surface area (Å²) < 4.78 is 16.6. The molecule has 2 aromatic carbocycles. The van der Waals surface area contributed by atoms with Crippen molar-refractivity contribution >= 4 is 23.3 Å². The lowest BCUT2D eigenvalue weighted by atomic mass is 10.1. The highest BCUT2D eigenvalue weighted by Crippen LogP contribution is 2.18. The summed E-state index contributed by atoms with van der Waals surface area (Å²) in [5.74, 6) is -0.328. The maximum atomic E-state index is 12.6. The fourth-order valence-electron chi connectivity index (χ4n) is 3.34. The largest absolute Gasteiger partial charge is 0.491 e. The van der Waals surface area contributed by atoms with Crippen LogP contribution in [0.1, 0.15) is 60.2 Å². The standard InChI is InChI=1S/C25H29NO6/c1-3-5-23(27)26-20-11-7-18(8-12-20)24(28)17(2)32-25(29)19-9-13-21(14-10-19)31-16-22-6-4-15-30-22/h7-14,17,22H,3-6,15-16H2,1-2H3,(H,26,27)/t17-,22+/m1/s1. The number of hydrogen-bond acceptors (Lipinski definition) is 6. The number of nitrogens with one attached hydrogen (secondary N) is 1. The van der Waals surface area contributed by atoms with E-state index in [1.807, 2.05) is 6.92 Å². The molecule has 0 aliphatic carbocycles. The minimum absolute atomic E-state index is 0.0721. The Kier molecular flexibility index (Phi) is 8.39. The smallest absolute Gasteiger partial charge is 0.338 e. The van der Waals surface area contributed by atoms with Gasteiger partial charge in [0.15, 0.2) is 6.10 Å². The Morgan fingerprint density at radius 2 is 1.75 bits per heavy atom. The molecule has 7 nitrogen and oxygen atoms in total. The minimum Gasteiger partial charge on any atom is -0.491 e. The van der Waals surface area contributed by atoms with Gasteiger partial charge in [-0.15, -0.1) is 0 Å². The van der Waals surface area contributed by atoms with Crippen molar-refractivity contribution in [1.29, 1.82) is 0 Å². The number of hydrogen-bond donors (Lipinski definition) is 1. The van der Waals surface area contributed by atoms with E-state index in [1.165, 1.54) is 6.92 Å². The normalized spacial score (nSPS) is 16.2. The lowest BCUT2D eigenvalue weighted by Crippen LogP contribution is -2.24. The van der Waals surface area contributed by atoms with E-state index >= 15 is 0 Å². The van der Waals surface area contributed by atoms with E-state index in [0.29, 0.717) is 35.6 Å². The molecule has 32 heavy (non-hydrogen) atoms. The summed E-state index contributed by atoms with van der Waals surface area (Å²) in [4.78, 5) is 36.7. The number of rotatable bonds is 10. The van der Waals surface area contributed by atoms with Crippen LogP contribution in [0.5, 0.6) is 5.75 Å². The molecule has 0 aromatic heterocycles. The van der Waals surface area contributed by atoms with Crippen LogP contribution in [0, 0.1) is 0 Å². The highest BCUT2D eigenvalue weighted by molar-refractivity contribution is 6.02. The molecule has 7 heteroatoms. The van der Waals surface area contributed by atoms with Gasteiger partial charge in [-0.2, -0.15) is 0 Å². The number of anilines is 1. The molecule has 0 spiro atoms. The second-order valence-corrected chi connectivity index (χ2v) is 7.76. The quantitative estimate of drug-likeness (QED) is 0.436. The molecule has 0 unspecified atom stereocenters. The zero-order chi connectivity index (χ0) is 22.9. The predicted octanol–water partition coefficient (Wildman–Crippen LogP) is 4.41. The average molecular weight is 440 g/mol. The van der Waals surface area contributed by atoms with E-state index in [9.17, 15) is 14.4 Å². The number of ether oxygens (including phenoxy) is 3. The van der Waals surface area contributed by atoms with E-state index in [1.54, 1.807) is 48.5 Å². The Labute approximate surface area is 188 Å². The second-order valence-electron chi connectivity index (χ2n) is 7.76. The first kappa shape index (κ1) is 23.5. The van der Waals surface area contributed by atoms with Crippen molar-refractivity contribution in [2.75, 3.05) is 18.5 Å². The van der Waals surface area contributed by atoms with Gasteiger partial charge >= 0.3 is 5.97 Å². The zero-order valence-corrected chi connectivity index (χ0v) is 18.5. The molecular weight excluding hydrogens is 410 g/mol. The molecule has 2 aromatic rings. The SMILES string of the molecule is CCCC(=O)Nc1ccc(C(=O)[C@@H](C)OC(=O)c2ccc(OC[C@@H]3CCCO3)cc2)cc1. The Bertz CT molecular complexity index is 916. The molecule has 0 saturated carbocycles. The number of esters is 1. The summed E-state index contributed by atoms with van der Waals surface area (Å²) in [6.07, 6.45) is 2.42. The Morgan fingerprint density at radius 3 is 2.38 bits per heavy atom. The van der Waals surface area contributed by atoms with E-state index < -0.39 is 12.1 Å². The summed E-state index contributed by atoms with van der Waals surface area (Å²) in [6, 6.07) is 13.1. The topological polar surface area (TPSA) is 90.9 Å². The van der Waals surface area contributed by atoms with E-state index in [0.717, 1.165) is 25.9 Å². The molecule has 1 fully saturated rings. The number of ketones is 1. The molecule has 0 bridgehead atoms. The molecule has 1 aliphatic heterocycles. The molecule has 2 atom stereocenters. The van der Waals surface area contributed by atoms with Crippen molar-refractivity contribution in [3.8, 4) is 5.75 Å². The highest BCUT2D eigenvalue weighted by Gasteiger charge is 2.21. The van der Waals surface area contributed by atoms with Gasteiger partial charge in [0.2, 0.25) is 11.7 Å². The van der Waals surface area contributed by atoms with Crippen LogP contribution in [-0.2, 0) is 14.3 Å². The predicted molar refractivity (Wildman–Crippen MR) is 120 cm³/mol. The minimum atomic E-state index is -0.946. The highest BCUT2D eigenvalue weighted by atomic mass is 16.5. The van der Waals surface area contributed by atoms with Gasteiger partial charge in [-0.1, -0.05) is 6.92 Å². The lowest BCUT2D eigenvalue weighted by Gasteiger charge is -2.14. The third kappa shape index (κ3) is 6.65. The monoisotopic (exact) mass is 439 g/mol. The molecule has 3 rings (SSSR count). The van der Waals surface area contributed by atoms with E-state index in [4.69, 9.17) is 14.2 Å². The van der Waals surface area contributed by atoms with Gasteiger partial charge < -0.3 is 19.5 Å². The Hall–Kier alpha value is -3.19. The van der Waals surface area contributed by atoms with Gasteiger partial charge in [-0.05, 0) is 74.7 Å². The molecule has 1 amide bonds. The molecule has 1 N–H and O–H groups in total. The molecule has 1 saturated heterocycles. The number of amides is 1. The molecule has 170 valence electrons. The van der Waals surface area contributed by atoms with Crippen molar-refractivity contribution in [1.82, 2.24) is 0 Å². The van der Waals surface area contributed by atoms with Crippen molar-refractivity contribution in [3.63, 3.8) is 0 Å². The van der Waals surface area contributed by atoms with Crippen molar-refractivity contribution in [2.24, 2.45) is 0 Å². The lowest BCUT2D eigenvalue weighted by molar-refractivity contribution is -0.116. The summed E-state index contributed by atoms with van der Waals surface area (Å²) in [7, 11) is 0. The van der Waals surface area contributed by atoms with Crippen molar-refractivity contribution in [2.45, 2.75) is 51.7 Å². The Balaban J connectivity index is 1.50. The second kappa shape index (κ2) is 11.4. The van der Waals surface area contributed by atoms with Crippen LogP contribution in [0.3, 0.4) is 0 Å². The zero-order valence-electron chi connectivity index (χ0n) is 18.5. The first-order valence-corrected chi connectivity index (χ1v) is 11.0. The summed E-state index contributed by atoms with van der Waals surface area (Å²) in [5, 5.41) is 2.77. The summed E-state index contributed by atoms with van der Waals surface area (Å²) in [5.41, 5.74) is 1.35. The van der Waals surface area contributed by atoms with Crippen molar-refractivity contribution < 1.29 is 28.6 Å². The third-order valence-corrected chi connectivity index (χ3v) is 5.13. The molecule has 1 heterocycles. The van der Waals surface area contributed by atoms with Gasteiger partial charge in [-0.3, -0.25) is 9.59 Å². The number of carbonyl (C=O) groups excluding carboxylic acids is 3. The molecule has 1 aliphatic rings. The van der Waals surface area contributed by atoms with Gasteiger partial charge in [0, 0.05) is 24.3 Å². The van der Waals surface area contributed by atoms with Crippen LogP contribution in [0.25, 0.3) is 0 Å². The maximum Gasteiger partial charge on any atom is 0.338 e. The van der Waals surface area contributed by atoms with E-state index in [-0.39, 0.29) is 17.8 Å². The van der Waals surface area contributed by atoms with Crippen molar-refractivity contribution in [3.05, 3.63) is 59.7 Å². The van der Waals surface area contributed by atoms with Crippen LogP contribution >= 0.6 is 0 Å². The Morgan fingerprint density at radius 1 is 1.06 bits per heavy atom. The van der Waals surface area contributed by atoms with Crippen LogP contribution in [-0.4, -0.2) is 43.1 Å². The summed E-state index contributed by atoms with van der Waals surface area (Å²) >= 11 is 0. The summed E-state index contributed by atoms with van der Waals surface area (Å²) in [6.45, 7) is 4.72. The van der Waals surface area contributed by atoms with Gasteiger partial charge in [0.05, 0.1) is 11.7 Å². The van der Waals surface area contributed by atoms with Crippen LogP contribution < -0.4 is 10.1 Å². The number of carbonyl (C=O) groups is 3. The fourth-order valence-corrected chi connectivity index (χ4v) is 3.34. The first-order chi connectivity index (χ1) is 15.5. The van der Waals surface area contributed by atoms with Gasteiger partial charge in [-0.25, -0.2) is 4.79 Å². The third-order valence-electron chi connectivity index (χ3n) is 5.13. The van der Waals surface area contributed by atoms with Crippen LogP contribution in [0.2, 0.25) is 0 Å². The molecular formula is C25H29NO6. The average Bonchev–Trinajstić information content (AvgIpc) is 3.32. The molecule has 0 radical (unpaired) electrons. The number of Topliss-reactive ketones (excluding diaryl/α,β-unsaturated/α-hetero) is 1. The van der Waals surface area contributed by atoms with Crippen LogP contribution in [0.4, 0.5) is 5.69 Å². The first-order valence-electron chi connectivity index (χ1n) is 11.0. The van der Waals surface area contributed by atoms with Crippen LogP contribution in [0.15, 0.2) is 48.5 Å². The number of benzene rings is 2. The van der Waals surface area contributed by atoms with Gasteiger partial charge in [0.1, 0.15) is 12.4 Å². The van der Waals surface area contributed by atoms with E-state index in [2.05, 4.69) is 5.32 Å². The fraction of sp³-hybridized carbons (Fsp3) is 0.400. The van der Waals surface area contributed by atoms with Gasteiger partial charge in [0.25, 0.3) is 0 Å².